The Kier molecular flexibility index (Phi) is 7.09. The number of amides is 2. The molecule has 3 aromatic carbocycles. The lowest BCUT2D eigenvalue weighted by Gasteiger charge is -2.23. The van der Waals surface area contributed by atoms with Crippen molar-refractivity contribution in [1.29, 1.82) is 0 Å². The first-order valence-corrected chi connectivity index (χ1v) is 12.8. The van der Waals surface area contributed by atoms with Crippen LogP contribution in [0.4, 0.5) is 10.5 Å². The van der Waals surface area contributed by atoms with E-state index in [-0.39, 0.29) is 12.5 Å². The molecule has 36 heavy (non-hydrogen) atoms. The monoisotopic (exact) mass is 497 g/mol. The third kappa shape index (κ3) is 5.47. The summed E-state index contributed by atoms with van der Waals surface area (Å²) in [4.78, 5) is 32.9. The molecular formula is C29H27N3O3S. The summed E-state index contributed by atoms with van der Waals surface area (Å²) in [6.45, 7) is 2.75. The fourth-order valence-electron chi connectivity index (χ4n) is 4.36. The number of hydrogen-bond donors (Lipinski definition) is 1. The first kappa shape index (κ1) is 23.8. The van der Waals surface area contributed by atoms with E-state index in [1.54, 1.807) is 11.3 Å². The maximum atomic E-state index is 13.1. The molecule has 7 heteroatoms. The van der Waals surface area contributed by atoms with Gasteiger partial charge in [0, 0.05) is 28.9 Å². The minimum atomic E-state index is -0.544. The van der Waals surface area contributed by atoms with Gasteiger partial charge >= 0.3 is 6.09 Å². The number of thiazole rings is 1. The predicted octanol–water partition coefficient (Wildman–Crippen LogP) is 6.53. The highest BCUT2D eigenvalue weighted by Crippen LogP contribution is 2.29. The summed E-state index contributed by atoms with van der Waals surface area (Å²) in [7, 11) is 0. The van der Waals surface area contributed by atoms with E-state index in [0.29, 0.717) is 18.7 Å². The number of benzene rings is 3. The third-order valence-electron chi connectivity index (χ3n) is 6.21. The van der Waals surface area contributed by atoms with E-state index in [1.165, 1.54) is 9.78 Å². The van der Waals surface area contributed by atoms with Gasteiger partial charge < -0.3 is 10.1 Å². The number of ether oxygens (including phenoxy) is 1. The molecule has 1 aromatic heterocycles. The molecule has 1 aliphatic rings. The van der Waals surface area contributed by atoms with Crippen molar-refractivity contribution in [2.45, 2.75) is 32.4 Å². The topological polar surface area (TPSA) is 71.5 Å². The second-order valence-electron chi connectivity index (χ2n) is 8.82. The molecule has 1 atom stereocenters. The van der Waals surface area contributed by atoms with Gasteiger partial charge in [0.15, 0.2) is 0 Å². The van der Waals surface area contributed by atoms with E-state index in [2.05, 4.69) is 34.6 Å². The van der Waals surface area contributed by atoms with Crippen molar-refractivity contribution in [3.63, 3.8) is 0 Å². The Hall–Kier alpha value is -3.97. The Labute approximate surface area is 214 Å². The number of rotatable bonds is 6. The van der Waals surface area contributed by atoms with Crippen LogP contribution in [0.15, 0.2) is 85.1 Å². The van der Waals surface area contributed by atoms with Gasteiger partial charge in [-0.3, -0.25) is 9.69 Å². The Morgan fingerprint density at radius 2 is 1.78 bits per heavy atom. The zero-order chi connectivity index (χ0) is 24.9. The number of hydrogen-bond acceptors (Lipinski definition) is 5. The van der Waals surface area contributed by atoms with E-state index in [1.807, 2.05) is 67.7 Å². The van der Waals surface area contributed by atoms with Crippen LogP contribution in [0.2, 0.25) is 0 Å². The van der Waals surface area contributed by atoms with Gasteiger partial charge in [0.1, 0.15) is 17.7 Å². The van der Waals surface area contributed by atoms with Crippen molar-refractivity contribution in [3.05, 3.63) is 95.5 Å². The highest BCUT2D eigenvalue weighted by atomic mass is 32.1. The second-order valence-corrected chi connectivity index (χ2v) is 10.0. The molecule has 2 amide bonds. The normalized spacial score (nSPS) is 15.0. The van der Waals surface area contributed by atoms with Crippen LogP contribution >= 0.6 is 11.3 Å². The first-order valence-electron chi connectivity index (χ1n) is 12.0. The Balaban J connectivity index is 1.23. The molecule has 0 radical (unpaired) electrons. The van der Waals surface area contributed by atoms with E-state index >= 15 is 0 Å². The summed E-state index contributed by atoms with van der Waals surface area (Å²) in [5.74, 6) is -0.198. The number of anilines is 1. The van der Waals surface area contributed by atoms with E-state index < -0.39 is 12.1 Å². The fourth-order valence-corrected chi connectivity index (χ4v) is 5.13. The van der Waals surface area contributed by atoms with Crippen LogP contribution in [0.3, 0.4) is 0 Å². The van der Waals surface area contributed by atoms with Gasteiger partial charge in [-0.1, -0.05) is 66.7 Å². The summed E-state index contributed by atoms with van der Waals surface area (Å²) in [5, 5.41) is 4.00. The van der Waals surface area contributed by atoms with Gasteiger partial charge in [-0.15, -0.1) is 11.3 Å². The van der Waals surface area contributed by atoms with E-state index in [4.69, 9.17) is 4.74 Å². The molecule has 4 aromatic rings. The number of carbonyl (C=O) groups excluding carboxylic acids is 2. The molecule has 182 valence electrons. The third-order valence-corrected chi connectivity index (χ3v) is 7.17. The molecule has 0 saturated carbocycles. The van der Waals surface area contributed by atoms with Crippen LogP contribution in [0.25, 0.3) is 21.7 Å². The molecule has 1 saturated heterocycles. The summed E-state index contributed by atoms with van der Waals surface area (Å²) in [5.41, 5.74) is 4.75. The summed E-state index contributed by atoms with van der Waals surface area (Å²) < 4.78 is 5.47. The minimum absolute atomic E-state index is 0.188. The Morgan fingerprint density at radius 3 is 2.53 bits per heavy atom. The van der Waals surface area contributed by atoms with Crippen LogP contribution < -0.4 is 5.32 Å². The Bertz CT molecular complexity index is 1350. The van der Waals surface area contributed by atoms with Crippen molar-refractivity contribution in [3.8, 4) is 21.7 Å². The van der Waals surface area contributed by atoms with Gasteiger partial charge in [-0.05, 0) is 48.6 Å². The van der Waals surface area contributed by atoms with Gasteiger partial charge in [0.2, 0.25) is 5.91 Å². The van der Waals surface area contributed by atoms with Gasteiger partial charge in [-0.2, -0.15) is 0 Å². The SMILES string of the molecule is Cc1cnc(-c2ccc(-c3cccc(NC(=O)C4CCCN4C(=O)OCc4ccccc4)c3)cc2)s1. The molecule has 0 bridgehead atoms. The smallest absolute Gasteiger partial charge is 0.410 e. The lowest BCUT2D eigenvalue weighted by molar-refractivity contribution is -0.120. The molecule has 1 aliphatic heterocycles. The number of carbonyl (C=O) groups is 2. The second kappa shape index (κ2) is 10.7. The van der Waals surface area contributed by atoms with Crippen LogP contribution in [-0.2, 0) is 16.1 Å². The average Bonchev–Trinajstić information content (AvgIpc) is 3.58. The van der Waals surface area contributed by atoms with E-state index in [9.17, 15) is 9.59 Å². The van der Waals surface area contributed by atoms with Crippen LogP contribution in [-0.4, -0.2) is 34.5 Å². The minimum Gasteiger partial charge on any atom is -0.445 e. The van der Waals surface area contributed by atoms with Gasteiger partial charge in [0.05, 0.1) is 0 Å². The molecule has 6 nitrogen and oxygen atoms in total. The molecule has 0 spiro atoms. The Morgan fingerprint density at radius 1 is 1.00 bits per heavy atom. The maximum Gasteiger partial charge on any atom is 0.410 e. The number of likely N-dealkylation sites (tertiary alicyclic amines) is 1. The number of aromatic nitrogens is 1. The average molecular weight is 498 g/mol. The van der Waals surface area contributed by atoms with Crippen molar-refractivity contribution in [2.75, 3.05) is 11.9 Å². The van der Waals surface area contributed by atoms with Crippen molar-refractivity contribution < 1.29 is 14.3 Å². The van der Waals surface area contributed by atoms with Crippen molar-refractivity contribution >= 4 is 29.0 Å². The fraction of sp³-hybridized carbons (Fsp3) is 0.207. The maximum absolute atomic E-state index is 13.1. The zero-order valence-electron chi connectivity index (χ0n) is 20.0. The van der Waals surface area contributed by atoms with E-state index in [0.717, 1.165) is 33.7 Å². The van der Waals surface area contributed by atoms with Crippen molar-refractivity contribution in [2.24, 2.45) is 0 Å². The van der Waals surface area contributed by atoms with Crippen LogP contribution in [0, 0.1) is 6.92 Å². The number of nitrogens with one attached hydrogen (secondary N) is 1. The molecule has 2 heterocycles. The van der Waals surface area contributed by atoms with Crippen LogP contribution in [0.5, 0.6) is 0 Å². The standard InChI is InChI=1S/C29H27N3O3S/c1-20-18-30-28(36-20)23-14-12-22(13-15-23)24-9-5-10-25(17-24)31-27(33)26-11-6-16-32(26)29(34)35-19-21-7-3-2-4-8-21/h2-5,7-10,12-15,17-18,26H,6,11,16,19H2,1H3,(H,31,33). The highest BCUT2D eigenvalue weighted by molar-refractivity contribution is 7.14. The highest BCUT2D eigenvalue weighted by Gasteiger charge is 2.35. The van der Waals surface area contributed by atoms with Crippen LogP contribution in [0.1, 0.15) is 23.3 Å². The lowest BCUT2D eigenvalue weighted by Crippen LogP contribution is -2.43. The lowest BCUT2D eigenvalue weighted by atomic mass is 10.0. The summed E-state index contributed by atoms with van der Waals surface area (Å²) >= 11 is 1.67. The van der Waals surface area contributed by atoms with Crippen molar-refractivity contribution in [1.82, 2.24) is 9.88 Å². The van der Waals surface area contributed by atoms with Gasteiger partial charge in [-0.25, -0.2) is 9.78 Å². The van der Waals surface area contributed by atoms with Gasteiger partial charge in [0.25, 0.3) is 0 Å². The molecular weight excluding hydrogens is 470 g/mol. The molecule has 1 fully saturated rings. The summed E-state index contributed by atoms with van der Waals surface area (Å²) in [6, 6.07) is 25.0. The molecule has 1 unspecified atom stereocenters. The number of aryl methyl sites for hydroxylation is 1. The molecule has 0 aliphatic carbocycles. The summed E-state index contributed by atoms with van der Waals surface area (Å²) in [6.07, 6.45) is 2.81. The first-order chi connectivity index (χ1) is 17.6. The molecule has 5 rings (SSSR count). The zero-order valence-corrected chi connectivity index (χ0v) is 20.8. The number of nitrogens with zero attached hydrogens (tertiary/aromatic N) is 2. The largest absolute Gasteiger partial charge is 0.445 e. The quantitative estimate of drug-likeness (QED) is 0.329. The molecule has 1 N–H and O–H groups in total. The predicted molar refractivity (Wildman–Crippen MR) is 143 cm³/mol.